The number of hydrogen-bond acceptors (Lipinski definition) is 5. The van der Waals surface area contributed by atoms with Gasteiger partial charge in [-0.3, -0.25) is 9.10 Å². The normalized spacial score (nSPS) is 10.9. The molecule has 32 heavy (non-hydrogen) atoms. The Bertz CT molecular complexity index is 1190. The number of sulfonamides is 1. The van der Waals surface area contributed by atoms with Gasteiger partial charge in [0.1, 0.15) is 0 Å². The summed E-state index contributed by atoms with van der Waals surface area (Å²) in [5.41, 5.74) is 2.20. The maximum atomic E-state index is 12.7. The molecule has 0 atom stereocenters. The number of anilines is 2. The van der Waals surface area contributed by atoms with Gasteiger partial charge in [0.2, 0.25) is 10.0 Å². The molecule has 166 valence electrons. The highest BCUT2D eigenvalue weighted by Crippen LogP contribution is 2.22. The number of hydrogen-bond donors (Lipinski definition) is 1. The van der Waals surface area contributed by atoms with Gasteiger partial charge >= 0.3 is 5.97 Å². The van der Waals surface area contributed by atoms with Crippen LogP contribution in [0.3, 0.4) is 0 Å². The van der Waals surface area contributed by atoms with E-state index in [4.69, 9.17) is 4.74 Å². The highest BCUT2D eigenvalue weighted by Gasteiger charge is 2.19. The Balaban J connectivity index is 1.80. The summed E-state index contributed by atoms with van der Waals surface area (Å²) < 4.78 is 31.0. The molecule has 3 rings (SSSR count). The van der Waals surface area contributed by atoms with Crippen LogP contribution in [0.25, 0.3) is 0 Å². The Kier molecular flexibility index (Phi) is 7.27. The SMILES string of the molecule is CCOC(=O)c1ccccc1NC(=O)c1ccc(N(Cc2ccccc2)S(C)(=O)=O)cc1. The maximum absolute atomic E-state index is 12.7. The minimum Gasteiger partial charge on any atom is -0.462 e. The van der Waals surface area contributed by atoms with Gasteiger partial charge < -0.3 is 10.1 Å². The van der Waals surface area contributed by atoms with E-state index in [0.717, 1.165) is 11.8 Å². The molecule has 0 saturated carbocycles. The van der Waals surface area contributed by atoms with Crippen molar-refractivity contribution in [2.75, 3.05) is 22.5 Å². The number of benzene rings is 3. The lowest BCUT2D eigenvalue weighted by atomic mass is 10.1. The zero-order valence-corrected chi connectivity index (χ0v) is 18.6. The zero-order valence-electron chi connectivity index (χ0n) is 17.8. The van der Waals surface area contributed by atoms with E-state index in [0.29, 0.717) is 16.9 Å². The minimum atomic E-state index is -3.54. The Hall–Kier alpha value is -3.65. The molecule has 0 unspecified atom stereocenters. The number of esters is 1. The highest BCUT2D eigenvalue weighted by molar-refractivity contribution is 7.92. The quantitative estimate of drug-likeness (QED) is 0.520. The molecule has 7 nitrogen and oxygen atoms in total. The van der Waals surface area contributed by atoms with Crippen molar-refractivity contribution in [2.45, 2.75) is 13.5 Å². The van der Waals surface area contributed by atoms with Crippen LogP contribution in [0.5, 0.6) is 0 Å². The van der Waals surface area contributed by atoms with Crippen LogP contribution in [0.15, 0.2) is 78.9 Å². The first-order valence-electron chi connectivity index (χ1n) is 9.99. The number of amides is 1. The fourth-order valence-corrected chi connectivity index (χ4v) is 3.99. The number of nitrogens with zero attached hydrogens (tertiary/aromatic N) is 1. The van der Waals surface area contributed by atoms with Gasteiger partial charge in [0.25, 0.3) is 5.91 Å². The van der Waals surface area contributed by atoms with Crippen molar-refractivity contribution < 1.29 is 22.7 Å². The lowest BCUT2D eigenvalue weighted by molar-refractivity contribution is 0.0527. The van der Waals surface area contributed by atoms with Gasteiger partial charge in [-0.2, -0.15) is 0 Å². The van der Waals surface area contributed by atoms with Crippen LogP contribution >= 0.6 is 0 Å². The molecule has 0 heterocycles. The van der Waals surface area contributed by atoms with Crippen molar-refractivity contribution in [2.24, 2.45) is 0 Å². The molecular weight excluding hydrogens is 428 g/mol. The fraction of sp³-hybridized carbons (Fsp3) is 0.167. The van der Waals surface area contributed by atoms with Crippen LogP contribution in [0.4, 0.5) is 11.4 Å². The van der Waals surface area contributed by atoms with E-state index >= 15 is 0 Å². The number of para-hydroxylation sites is 1. The van der Waals surface area contributed by atoms with Gasteiger partial charge in [0.15, 0.2) is 0 Å². The molecule has 0 spiro atoms. The summed E-state index contributed by atoms with van der Waals surface area (Å²) >= 11 is 0. The van der Waals surface area contributed by atoms with Crippen LogP contribution in [0, 0.1) is 0 Å². The molecule has 8 heteroatoms. The Morgan fingerprint density at radius 1 is 0.906 bits per heavy atom. The van der Waals surface area contributed by atoms with E-state index in [2.05, 4.69) is 5.32 Å². The summed E-state index contributed by atoms with van der Waals surface area (Å²) in [6, 6.07) is 22.1. The lowest BCUT2D eigenvalue weighted by Crippen LogP contribution is -2.29. The van der Waals surface area contributed by atoms with Crippen molar-refractivity contribution >= 4 is 33.3 Å². The lowest BCUT2D eigenvalue weighted by Gasteiger charge is -2.22. The molecule has 0 fully saturated rings. The fourth-order valence-electron chi connectivity index (χ4n) is 3.10. The molecule has 3 aromatic rings. The largest absolute Gasteiger partial charge is 0.462 e. The standard InChI is InChI=1S/C24H24N2O5S/c1-3-31-24(28)21-11-7-8-12-22(21)25-23(27)19-13-15-20(16-14-19)26(32(2,29)30)17-18-9-5-4-6-10-18/h4-16H,3,17H2,1-2H3,(H,25,27). The van der Waals surface area contributed by atoms with E-state index in [1.54, 1.807) is 55.5 Å². The molecule has 0 aliphatic rings. The Morgan fingerprint density at radius 2 is 1.53 bits per heavy atom. The van der Waals surface area contributed by atoms with Crippen LogP contribution in [0.2, 0.25) is 0 Å². The number of nitrogens with one attached hydrogen (secondary N) is 1. The van der Waals surface area contributed by atoms with E-state index in [1.165, 1.54) is 4.31 Å². The summed E-state index contributed by atoms with van der Waals surface area (Å²) in [5.74, 6) is -0.953. The summed E-state index contributed by atoms with van der Waals surface area (Å²) in [5, 5.41) is 2.71. The van der Waals surface area contributed by atoms with Gasteiger partial charge in [-0.15, -0.1) is 0 Å². The second-order valence-corrected chi connectivity index (χ2v) is 8.93. The smallest absolute Gasteiger partial charge is 0.340 e. The number of ether oxygens (including phenoxy) is 1. The van der Waals surface area contributed by atoms with E-state index < -0.39 is 21.9 Å². The first-order chi connectivity index (χ1) is 15.3. The average Bonchev–Trinajstić information content (AvgIpc) is 2.78. The predicted octanol–water partition coefficient (Wildman–Crippen LogP) is 4.08. The van der Waals surface area contributed by atoms with Crippen LogP contribution < -0.4 is 9.62 Å². The van der Waals surface area contributed by atoms with Gasteiger partial charge in [-0.25, -0.2) is 13.2 Å². The zero-order chi connectivity index (χ0) is 23.1. The second-order valence-electron chi connectivity index (χ2n) is 7.02. The molecular formula is C24H24N2O5S. The molecule has 0 saturated heterocycles. The Labute approximate surface area is 187 Å². The van der Waals surface area contributed by atoms with Crippen molar-refractivity contribution in [3.05, 3.63) is 95.6 Å². The van der Waals surface area contributed by atoms with Gasteiger partial charge in [0, 0.05) is 5.56 Å². The van der Waals surface area contributed by atoms with Crippen LogP contribution in [-0.4, -0.2) is 33.2 Å². The van der Waals surface area contributed by atoms with Crippen molar-refractivity contribution in [3.63, 3.8) is 0 Å². The summed E-state index contributed by atoms with van der Waals surface area (Å²) in [7, 11) is -3.54. The summed E-state index contributed by atoms with van der Waals surface area (Å²) in [6.07, 6.45) is 1.14. The molecule has 0 aromatic heterocycles. The van der Waals surface area contributed by atoms with Gasteiger partial charge in [-0.1, -0.05) is 42.5 Å². The third-order valence-corrected chi connectivity index (χ3v) is 5.80. The number of rotatable bonds is 8. The van der Waals surface area contributed by atoms with Gasteiger partial charge in [-0.05, 0) is 48.9 Å². The van der Waals surface area contributed by atoms with Crippen LogP contribution in [0.1, 0.15) is 33.2 Å². The summed E-state index contributed by atoms with van der Waals surface area (Å²) in [6.45, 7) is 2.11. The third-order valence-electron chi connectivity index (χ3n) is 4.66. The molecule has 1 amide bonds. The van der Waals surface area contributed by atoms with Crippen molar-refractivity contribution in [3.8, 4) is 0 Å². The first kappa shape index (κ1) is 23.0. The number of carbonyl (C=O) groups is 2. The maximum Gasteiger partial charge on any atom is 0.340 e. The van der Waals surface area contributed by atoms with E-state index in [1.807, 2.05) is 30.3 Å². The Morgan fingerprint density at radius 3 is 2.16 bits per heavy atom. The van der Waals surface area contributed by atoms with E-state index in [-0.39, 0.29) is 18.7 Å². The molecule has 0 aliphatic heterocycles. The van der Waals surface area contributed by atoms with Crippen molar-refractivity contribution in [1.29, 1.82) is 0 Å². The third kappa shape index (κ3) is 5.73. The molecule has 3 aromatic carbocycles. The van der Waals surface area contributed by atoms with Gasteiger partial charge in [0.05, 0.1) is 36.3 Å². The average molecular weight is 453 g/mol. The minimum absolute atomic E-state index is 0.179. The topological polar surface area (TPSA) is 92.8 Å². The molecule has 0 bridgehead atoms. The summed E-state index contributed by atoms with van der Waals surface area (Å²) in [4.78, 5) is 24.8. The molecule has 1 N–H and O–H groups in total. The first-order valence-corrected chi connectivity index (χ1v) is 11.8. The predicted molar refractivity (Wildman–Crippen MR) is 124 cm³/mol. The molecule has 0 radical (unpaired) electrons. The molecule has 0 aliphatic carbocycles. The highest BCUT2D eigenvalue weighted by atomic mass is 32.2. The number of carbonyl (C=O) groups excluding carboxylic acids is 2. The van der Waals surface area contributed by atoms with E-state index in [9.17, 15) is 18.0 Å². The monoisotopic (exact) mass is 452 g/mol. The van der Waals surface area contributed by atoms with Crippen LogP contribution in [-0.2, 0) is 21.3 Å². The second kappa shape index (κ2) is 10.1. The van der Waals surface area contributed by atoms with Crippen molar-refractivity contribution in [1.82, 2.24) is 0 Å².